The van der Waals surface area contributed by atoms with Crippen LogP contribution < -0.4 is 10.6 Å². The summed E-state index contributed by atoms with van der Waals surface area (Å²) in [5.41, 5.74) is 8.09. The summed E-state index contributed by atoms with van der Waals surface area (Å²) in [5, 5.41) is 0. The maximum atomic E-state index is 5.96. The van der Waals surface area contributed by atoms with E-state index in [4.69, 9.17) is 5.73 Å². The van der Waals surface area contributed by atoms with Crippen molar-refractivity contribution < 1.29 is 0 Å². The topological polar surface area (TPSA) is 41.6 Å². The number of hydrogen-bond donors (Lipinski definition) is 1. The number of guanidine groups is 1. The van der Waals surface area contributed by atoms with Gasteiger partial charge in [-0.15, -0.1) is 0 Å². The fourth-order valence-electron chi connectivity index (χ4n) is 1.39. The van der Waals surface area contributed by atoms with Gasteiger partial charge in [0.05, 0.1) is 5.54 Å². The van der Waals surface area contributed by atoms with Crippen LogP contribution in [0.2, 0.25) is 0 Å². The molecule has 0 aliphatic rings. The van der Waals surface area contributed by atoms with Crippen molar-refractivity contribution in [3.63, 3.8) is 0 Å². The highest BCUT2D eigenvalue weighted by atomic mass is 15.2. The SMILES string of the molecule is Cc1cccc(N(C)C(N)=NC(C)(C)C)c1. The molecule has 16 heavy (non-hydrogen) atoms. The molecule has 3 heteroatoms. The second kappa shape index (κ2) is 4.56. The maximum Gasteiger partial charge on any atom is 0.196 e. The molecule has 0 radical (unpaired) electrons. The van der Waals surface area contributed by atoms with Crippen molar-refractivity contribution in [2.75, 3.05) is 11.9 Å². The van der Waals surface area contributed by atoms with Gasteiger partial charge in [-0.1, -0.05) is 12.1 Å². The van der Waals surface area contributed by atoms with Gasteiger partial charge in [-0.3, -0.25) is 0 Å². The number of nitrogens with zero attached hydrogens (tertiary/aromatic N) is 2. The Kier molecular flexibility index (Phi) is 3.58. The average Bonchev–Trinajstić information content (AvgIpc) is 2.14. The van der Waals surface area contributed by atoms with Crippen LogP contribution in [0.1, 0.15) is 26.3 Å². The molecule has 0 spiro atoms. The molecule has 1 rings (SSSR count). The minimum atomic E-state index is -0.151. The third kappa shape index (κ3) is 3.57. The standard InChI is InChI=1S/C13H21N3/c1-10-7-6-8-11(9-10)16(5)12(14)15-13(2,3)4/h6-9H,1-5H3,(H2,14,15). The lowest BCUT2D eigenvalue weighted by molar-refractivity contribution is 0.581. The molecular formula is C13H21N3. The van der Waals surface area contributed by atoms with Gasteiger partial charge in [-0.25, -0.2) is 4.99 Å². The summed E-state index contributed by atoms with van der Waals surface area (Å²) >= 11 is 0. The largest absolute Gasteiger partial charge is 0.370 e. The van der Waals surface area contributed by atoms with Crippen molar-refractivity contribution in [3.05, 3.63) is 29.8 Å². The minimum absolute atomic E-state index is 0.151. The van der Waals surface area contributed by atoms with Gasteiger partial charge in [0.25, 0.3) is 0 Å². The lowest BCUT2D eigenvalue weighted by Crippen LogP contribution is -2.36. The maximum absolute atomic E-state index is 5.96. The molecule has 1 aromatic rings. The zero-order valence-corrected chi connectivity index (χ0v) is 10.8. The van der Waals surface area contributed by atoms with Crippen LogP contribution in [0.5, 0.6) is 0 Å². The van der Waals surface area contributed by atoms with Crippen LogP contribution in [0.4, 0.5) is 5.69 Å². The monoisotopic (exact) mass is 219 g/mol. The summed E-state index contributed by atoms with van der Waals surface area (Å²) < 4.78 is 0. The molecule has 0 fully saturated rings. The Morgan fingerprint density at radius 1 is 1.31 bits per heavy atom. The van der Waals surface area contributed by atoms with E-state index in [1.165, 1.54) is 5.56 Å². The Balaban J connectivity index is 2.94. The van der Waals surface area contributed by atoms with Gasteiger partial charge in [0.15, 0.2) is 5.96 Å². The van der Waals surface area contributed by atoms with Gasteiger partial charge in [0, 0.05) is 12.7 Å². The van der Waals surface area contributed by atoms with Crippen LogP contribution in [-0.4, -0.2) is 18.5 Å². The third-order valence-electron chi connectivity index (χ3n) is 2.18. The normalized spacial score (nSPS) is 12.7. The highest BCUT2D eigenvalue weighted by molar-refractivity contribution is 5.94. The molecule has 0 amide bonds. The molecule has 1 aromatic carbocycles. The molecule has 3 nitrogen and oxygen atoms in total. The lowest BCUT2D eigenvalue weighted by Gasteiger charge is -2.22. The van der Waals surface area contributed by atoms with Gasteiger partial charge < -0.3 is 10.6 Å². The fourth-order valence-corrected chi connectivity index (χ4v) is 1.39. The third-order valence-corrected chi connectivity index (χ3v) is 2.18. The first-order chi connectivity index (χ1) is 7.29. The van der Waals surface area contributed by atoms with Crippen molar-refractivity contribution in [1.82, 2.24) is 0 Å². The van der Waals surface area contributed by atoms with Crippen LogP contribution in [0.25, 0.3) is 0 Å². The van der Waals surface area contributed by atoms with E-state index >= 15 is 0 Å². The fraction of sp³-hybridized carbons (Fsp3) is 0.462. The predicted molar refractivity (Wildman–Crippen MR) is 71.0 cm³/mol. The van der Waals surface area contributed by atoms with Gasteiger partial charge in [0.2, 0.25) is 0 Å². The summed E-state index contributed by atoms with van der Waals surface area (Å²) in [4.78, 5) is 6.34. The molecule has 0 aliphatic carbocycles. The van der Waals surface area contributed by atoms with E-state index in [9.17, 15) is 0 Å². The molecule has 0 saturated heterocycles. The molecule has 0 atom stereocenters. The number of nitrogens with two attached hydrogens (primary N) is 1. The van der Waals surface area contributed by atoms with Crippen LogP contribution in [-0.2, 0) is 0 Å². The van der Waals surface area contributed by atoms with Gasteiger partial charge in [-0.05, 0) is 45.4 Å². The average molecular weight is 219 g/mol. The molecule has 0 aromatic heterocycles. The van der Waals surface area contributed by atoms with E-state index in [1.54, 1.807) is 0 Å². The predicted octanol–water partition coefficient (Wildman–Crippen LogP) is 2.54. The first kappa shape index (κ1) is 12.6. The Labute approximate surface area is 98.0 Å². The van der Waals surface area contributed by atoms with Crippen LogP contribution in [0, 0.1) is 6.92 Å². The summed E-state index contributed by atoms with van der Waals surface area (Å²) in [6.07, 6.45) is 0. The quantitative estimate of drug-likeness (QED) is 0.582. The number of aliphatic imine (C=N–C) groups is 1. The molecule has 0 bridgehead atoms. The summed E-state index contributed by atoms with van der Waals surface area (Å²) in [6.45, 7) is 8.16. The van der Waals surface area contributed by atoms with Crippen molar-refractivity contribution >= 4 is 11.6 Å². The van der Waals surface area contributed by atoms with E-state index < -0.39 is 0 Å². The van der Waals surface area contributed by atoms with Crippen molar-refractivity contribution in [2.24, 2.45) is 10.7 Å². The Bertz CT molecular complexity index is 388. The van der Waals surface area contributed by atoms with E-state index in [1.807, 2.05) is 44.9 Å². The molecule has 0 aliphatic heterocycles. The molecular weight excluding hydrogens is 198 g/mol. The van der Waals surface area contributed by atoms with Crippen LogP contribution >= 0.6 is 0 Å². The van der Waals surface area contributed by atoms with Crippen molar-refractivity contribution in [1.29, 1.82) is 0 Å². The molecule has 0 unspecified atom stereocenters. The highest BCUT2D eigenvalue weighted by Crippen LogP contribution is 2.15. The number of hydrogen-bond acceptors (Lipinski definition) is 1. The molecule has 0 heterocycles. The lowest BCUT2D eigenvalue weighted by atomic mass is 10.1. The van der Waals surface area contributed by atoms with Gasteiger partial charge in [0.1, 0.15) is 0 Å². The first-order valence-corrected chi connectivity index (χ1v) is 5.45. The highest BCUT2D eigenvalue weighted by Gasteiger charge is 2.11. The van der Waals surface area contributed by atoms with Crippen LogP contribution in [0.3, 0.4) is 0 Å². The van der Waals surface area contributed by atoms with E-state index in [2.05, 4.69) is 24.0 Å². The first-order valence-electron chi connectivity index (χ1n) is 5.45. The Morgan fingerprint density at radius 2 is 1.94 bits per heavy atom. The molecule has 0 saturated carbocycles. The van der Waals surface area contributed by atoms with Crippen molar-refractivity contribution in [3.8, 4) is 0 Å². The number of benzene rings is 1. The zero-order chi connectivity index (χ0) is 12.3. The summed E-state index contributed by atoms with van der Waals surface area (Å²) in [6, 6.07) is 8.20. The number of rotatable bonds is 1. The van der Waals surface area contributed by atoms with Crippen LogP contribution in [0.15, 0.2) is 29.3 Å². The van der Waals surface area contributed by atoms with E-state index in [0.29, 0.717) is 5.96 Å². The molecule has 2 N–H and O–H groups in total. The smallest absolute Gasteiger partial charge is 0.196 e. The number of aryl methyl sites for hydroxylation is 1. The Morgan fingerprint density at radius 3 is 2.44 bits per heavy atom. The van der Waals surface area contributed by atoms with Gasteiger partial charge in [-0.2, -0.15) is 0 Å². The van der Waals surface area contributed by atoms with Gasteiger partial charge >= 0.3 is 0 Å². The van der Waals surface area contributed by atoms with E-state index in [0.717, 1.165) is 5.69 Å². The van der Waals surface area contributed by atoms with E-state index in [-0.39, 0.29) is 5.54 Å². The molecule has 88 valence electrons. The minimum Gasteiger partial charge on any atom is -0.370 e. The Hall–Kier alpha value is -1.51. The van der Waals surface area contributed by atoms with Crippen molar-refractivity contribution in [2.45, 2.75) is 33.2 Å². The summed E-state index contributed by atoms with van der Waals surface area (Å²) in [5.74, 6) is 0.540. The zero-order valence-electron chi connectivity index (χ0n) is 10.8. The number of anilines is 1. The summed E-state index contributed by atoms with van der Waals surface area (Å²) in [7, 11) is 1.93. The second-order valence-electron chi connectivity index (χ2n) is 5.04. The second-order valence-corrected chi connectivity index (χ2v) is 5.04.